The summed E-state index contributed by atoms with van der Waals surface area (Å²) in [4.78, 5) is 52.3. The lowest BCUT2D eigenvalue weighted by atomic mass is 9.88. The van der Waals surface area contributed by atoms with E-state index < -0.39 is 34.0 Å². The molecule has 0 spiro atoms. The average molecular weight is 690 g/mol. The Morgan fingerprint density at radius 1 is 1.02 bits per heavy atom. The Bertz CT molecular complexity index is 1590. The summed E-state index contributed by atoms with van der Waals surface area (Å²) in [5, 5.41) is 14.3. The van der Waals surface area contributed by atoms with Crippen molar-refractivity contribution in [1.29, 1.82) is 0 Å². The first-order valence-electron chi connectivity index (χ1n) is 12.7. The van der Waals surface area contributed by atoms with Crippen molar-refractivity contribution in [2.24, 2.45) is 5.92 Å². The number of halogens is 4. The third kappa shape index (κ3) is 7.01. The molecule has 42 heavy (non-hydrogen) atoms. The van der Waals surface area contributed by atoms with E-state index in [1.165, 1.54) is 23.1 Å². The molecule has 8 nitrogen and oxygen atoms in total. The van der Waals surface area contributed by atoms with Gasteiger partial charge in [0.15, 0.2) is 0 Å². The van der Waals surface area contributed by atoms with Gasteiger partial charge in [0, 0.05) is 15.5 Å². The number of anilines is 2. The third-order valence-corrected chi connectivity index (χ3v) is 10.4. The molecule has 0 aliphatic heterocycles. The Kier molecular flexibility index (Phi) is 10.7. The zero-order valence-corrected chi connectivity index (χ0v) is 26.9. The number of hydrogen-bond acceptors (Lipinski definition) is 7. The maximum absolute atomic E-state index is 13.1. The van der Waals surface area contributed by atoms with E-state index in [1.807, 2.05) is 0 Å². The van der Waals surface area contributed by atoms with E-state index in [0.717, 1.165) is 29.7 Å². The van der Waals surface area contributed by atoms with Crippen LogP contribution in [0.1, 0.15) is 61.8 Å². The van der Waals surface area contributed by atoms with Gasteiger partial charge in [0.25, 0.3) is 5.91 Å². The SMILES string of the molecule is CCOC(=O)c1c(NC(=O)CSc2cccc(NC(=O)c3c(Cl)c(Cl)c(Cl)c(Cl)c3C(=O)O)c2)sc2c1CCC(C)C2. The topological polar surface area (TPSA) is 122 Å². The van der Waals surface area contributed by atoms with Crippen molar-refractivity contribution in [1.82, 2.24) is 0 Å². The fraction of sp³-hybridized carbons (Fsp3) is 0.286. The summed E-state index contributed by atoms with van der Waals surface area (Å²) in [6.45, 7) is 4.14. The van der Waals surface area contributed by atoms with E-state index in [0.29, 0.717) is 27.1 Å². The molecule has 0 saturated heterocycles. The number of carbonyl (C=O) groups excluding carboxylic acids is 3. The Hall–Kier alpha value is -2.47. The van der Waals surface area contributed by atoms with Gasteiger partial charge in [-0.3, -0.25) is 9.59 Å². The van der Waals surface area contributed by atoms with Gasteiger partial charge in [-0.25, -0.2) is 9.59 Å². The molecule has 1 aromatic heterocycles. The maximum atomic E-state index is 13.1. The number of ether oxygens (including phenoxy) is 1. The van der Waals surface area contributed by atoms with Crippen LogP contribution in [0, 0.1) is 5.92 Å². The van der Waals surface area contributed by atoms with Gasteiger partial charge >= 0.3 is 11.9 Å². The van der Waals surface area contributed by atoms with Gasteiger partial charge in [0.2, 0.25) is 5.91 Å². The Morgan fingerprint density at radius 3 is 2.38 bits per heavy atom. The number of benzene rings is 2. The van der Waals surface area contributed by atoms with Gasteiger partial charge in [0.1, 0.15) is 5.00 Å². The smallest absolute Gasteiger partial charge is 0.341 e. The number of nitrogens with one attached hydrogen (secondary N) is 2. The number of hydrogen-bond donors (Lipinski definition) is 3. The number of rotatable bonds is 9. The van der Waals surface area contributed by atoms with Crippen molar-refractivity contribution in [2.45, 2.75) is 38.0 Å². The number of aromatic carboxylic acids is 1. The monoisotopic (exact) mass is 688 g/mol. The molecule has 0 saturated carbocycles. The average Bonchev–Trinajstić information content (AvgIpc) is 3.29. The summed E-state index contributed by atoms with van der Waals surface area (Å²) in [7, 11) is 0. The molecule has 1 atom stereocenters. The van der Waals surface area contributed by atoms with E-state index in [1.54, 1.807) is 31.2 Å². The summed E-state index contributed by atoms with van der Waals surface area (Å²) in [6, 6.07) is 6.59. The van der Waals surface area contributed by atoms with Crippen molar-refractivity contribution >= 4 is 104 Å². The molecule has 3 aromatic rings. The van der Waals surface area contributed by atoms with Gasteiger partial charge < -0.3 is 20.5 Å². The predicted molar refractivity (Wildman–Crippen MR) is 169 cm³/mol. The summed E-state index contributed by atoms with van der Waals surface area (Å²) in [5.41, 5.74) is 0.685. The predicted octanol–water partition coefficient (Wildman–Crippen LogP) is 8.34. The summed E-state index contributed by atoms with van der Waals surface area (Å²) >= 11 is 26.9. The fourth-order valence-electron chi connectivity index (χ4n) is 4.47. The second-order valence-corrected chi connectivity index (χ2v) is 13.1. The first-order chi connectivity index (χ1) is 19.9. The number of carboxylic acids is 1. The van der Waals surface area contributed by atoms with Crippen molar-refractivity contribution in [2.75, 3.05) is 23.0 Å². The number of thioether (sulfide) groups is 1. The number of carbonyl (C=O) groups is 4. The molecule has 0 fully saturated rings. The number of carboxylic acid groups (broad SMARTS) is 1. The van der Waals surface area contributed by atoms with Gasteiger partial charge in [-0.1, -0.05) is 59.4 Å². The van der Waals surface area contributed by atoms with Crippen LogP contribution in [0.3, 0.4) is 0 Å². The Morgan fingerprint density at radius 2 is 1.71 bits per heavy atom. The Balaban J connectivity index is 1.47. The molecule has 1 aliphatic rings. The zero-order chi connectivity index (χ0) is 30.7. The first kappa shape index (κ1) is 32.4. The van der Waals surface area contributed by atoms with Crippen LogP contribution in [0.25, 0.3) is 0 Å². The van der Waals surface area contributed by atoms with Gasteiger partial charge in [-0.05, 0) is 55.9 Å². The van der Waals surface area contributed by atoms with E-state index in [-0.39, 0.29) is 33.3 Å². The molecule has 1 unspecified atom stereocenters. The highest BCUT2D eigenvalue weighted by Gasteiger charge is 2.30. The minimum atomic E-state index is -1.51. The second-order valence-electron chi connectivity index (χ2n) is 9.41. The van der Waals surface area contributed by atoms with Gasteiger partial charge in [-0.15, -0.1) is 23.1 Å². The highest BCUT2D eigenvalue weighted by Crippen LogP contribution is 2.42. The van der Waals surface area contributed by atoms with Crippen LogP contribution in [0.4, 0.5) is 10.7 Å². The minimum Gasteiger partial charge on any atom is -0.478 e. The molecule has 0 bridgehead atoms. The number of esters is 1. The van der Waals surface area contributed by atoms with E-state index >= 15 is 0 Å². The molecule has 2 amide bonds. The van der Waals surface area contributed by atoms with Crippen molar-refractivity contribution in [3.8, 4) is 0 Å². The summed E-state index contributed by atoms with van der Waals surface area (Å²) < 4.78 is 5.27. The number of thiophene rings is 1. The molecule has 14 heteroatoms. The van der Waals surface area contributed by atoms with E-state index in [2.05, 4.69) is 17.6 Å². The molecule has 0 radical (unpaired) electrons. The summed E-state index contributed by atoms with van der Waals surface area (Å²) in [6.07, 6.45) is 2.58. The maximum Gasteiger partial charge on any atom is 0.341 e. The van der Waals surface area contributed by atoms with Crippen LogP contribution in [-0.4, -0.2) is 41.2 Å². The van der Waals surface area contributed by atoms with Crippen LogP contribution < -0.4 is 10.6 Å². The fourth-order valence-corrected chi connectivity index (χ4v) is 7.66. The van der Waals surface area contributed by atoms with Crippen LogP contribution in [0.15, 0.2) is 29.2 Å². The summed E-state index contributed by atoms with van der Waals surface area (Å²) in [5.74, 6) is -2.59. The van der Waals surface area contributed by atoms with Crippen molar-refractivity contribution < 1.29 is 29.0 Å². The Labute approximate surface area is 270 Å². The van der Waals surface area contributed by atoms with Crippen molar-refractivity contribution in [3.63, 3.8) is 0 Å². The first-order valence-corrected chi connectivity index (χ1v) is 16.0. The second kappa shape index (κ2) is 13.9. The lowest BCUT2D eigenvalue weighted by Gasteiger charge is -2.18. The molecular formula is C28H24Cl4N2O6S2. The third-order valence-electron chi connectivity index (χ3n) is 6.41. The molecule has 1 heterocycles. The van der Waals surface area contributed by atoms with Crippen molar-refractivity contribution in [3.05, 3.63) is 71.5 Å². The van der Waals surface area contributed by atoms with Crippen LogP contribution >= 0.6 is 69.5 Å². The quantitative estimate of drug-likeness (QED) is 0.0893. The van der Waals surface area contributed by atoms with Gasteiger partial charge in [-0.2, -0.15) is 0 Å². The largest absolute Gasteiger partial charge is 0.478 e. The molecule has 4 rings (SSSR count). The van der Waals surface area contributed by atoms with Crippen LogP contribution in [0.5, 0.6) is 0 Å². The lowest BCUT2D eigenvalue weighted by molar-refractivity contribution is -0.113. The highest BCUT2D eigenvalue weighted by atomic mass is 35.5. The number of fused-ring (bicyclic) bond motifs is 1. The standard InChI is InChI=1S/C28H24Cl4N2O6S2/c1-3-40-28(39)18-15-8-7-12(2)9-16(15)42-26(18)34-17(35)11-41-14-6-4-5-13(10-14)33-25(36)19-20(27(37)38)22(30)24(32)23(31)21(19)29/h4-6,10,12H,3,7-9,11H2,1-2H3,(H,33,36)(H,34,35)(H,37,38). The minimum absolute atomic E-state index is 0.0238. The molecule has 222 valence electrons. The van der Waals surface area contributed by atoms with Gasteiger partial charge in [0.05, 0.1) is 49.1 Å². The molecule has 2 aromatic carbocycles. The molecular weight excluding hydrogens is 666 g/mol. The highest BCUT2D eigenvalue weighted by molar-refractivity contribution is 8.00. The van der Waals surface area contributed by atoms with Crippen LogP contribution in [-0.2, 0) is 22.4 Å². The van der Waals surface area contributed by atoms with E-state index in [9.17, 15) is 24.3 Å². The normalized spacial score (nSPS) is 14.2. The number of amides is 2. The molecule has 1 aliphatic carbocycles. The molecule has 3 N–H and O–H groups in total. The van der Waals surface area contributed by atoms with Crippen LogP contribution in [0.2, 0.25) is 20.1 Å². The zero-order valence-electron chi connectivity index (χ0n) is 22.2. The van der Waals surface area contributed by atoms with E-state index in [4.69, 9.17) is 51.1 Å². The lowest BCUT2D eigenvalue weighted by Crippen LogP contribution is -2.18.